The average Bonchev–Trinajstić information content (AvgIpc) is 3.03. The van der Waals surface area contributed by atoms with Crippen LogP contribution in [0, 0.1) is 11.3 Å². The number of pyridine rings is 1. The number of nitrogens with zero attached hydrogens (tertiary/aromatic N) is 4. The van der Waals surface area contributed by atoms with Crippen LogP contribution in [0.4, 0.5) is 5.69 Å². The number of H-pyrrole nitrogens is 1. The second kappa shape index (κ2) is 5.82. The SMILES string of the molecule is N#CC1=c2c(c[nH]cc3ccccc3coc3cncc2c3)N=N1. The minimum absolute atomic E-state index is 0.253. The van der Waals surface area contributed by atoms with Crippen LogP contribution in [-0.4, -0.2) is 9.97 Å². The molecular formula is C18H11N5O. The summed E-state index contributed by atoms with van der Waals surface area (Å²) in [6.07, 6.45) is 8.51. The Morgan fingerprint density at radius 2 is 1.88 bits per heavy atom. The number of hydrogen-bond acceptors (Lipinski definition) is 5. The number of azo groups is 1. The third-order valence-electron chi connectivity index (χ3n) is 3.64. The molecule has 2 bridgehead atoms. The zero-order valence-corrected chi connectivity index (χ0v) is 12.5. The third kappa shape index (κ3) is 2.44. The molecule has 1 aliphatic rings. The maximum absolute atomic E-state index is 9.28. The highest BCUT2D eigenvalue weighted by molar-refractivity contribution is 5.80. The van der Waals surface area contributed by atoms with Gasteiger partial charge in [0, 0.05) is 34.7 Å². The van der Waals surface area contributed by atoms with Crippen LogP contribution in [0.3, 0.4) is 0 Å². The standard InChI is InChI=1S/C18H11N5O/c19-6-16-18-14-5-15(9-20-8-14)24-11-13-4-2-1-3-12(13)7-21-10-17(18)23-22-16/h1-5,7-11,21H. The van der Waals surface area contributed by atoms with E-state index < -0.39 is 0 Å². The van der Waals surface area contributed by atoms with Crippen molar-refractivity contribution in [1.29, 1.82) is 5.26 Å². The number of nitrogens with one attached hydrogen (secondary N) is 1. The molecule has 3 aromatic rings. The van der Waals surface area contributed by atoms with Gasteiger partial charge in [0.15, 0.2) is 5.70 Å². The number of aromatic nitrogens is 2. The predicted octanol–water partition coefficient (Wildman–Crippen LogP) is 4.01. The van der Waals surface area contributed by atoms with E-state index >= 15 is 0 Å². The minimum atomic E-state index is 0.253. The minimum Gasteiger partial charge on any atom is -0.463 e. The molecule has 1 N–H and O–H groups in total. The second-order valence-electron chi connectivity index (χ2n) is 5.15. The molecule has 24 heavy (non-hydrogen) atoms. The molecule has 0 amide bonds. The normalized spacial score (nSPS) is 11.9. The summed E-state index contributed by atoms with van der Waals surface area (Å²) in [5.74, 6) is 0. The maximum atomic E-state index is 9.28. The number of rotatable bonds is 0. The van der Waals surface area contributed by atoms with E-state index in [0.29, 0.717) is 16.5 Å². The molecule has 0 aliphatic carbocycles. The van der Waals surface area contributed by atoms with Gasteiger partial charge in [-0.05, 0) is 6.07 Å². The van der Waals surface area contributed by atoms with Crippen molar-refractivity contribution >= 4 is 33.1 Å². The number of aromatic amines is 1. The molecule has 0 fully saturated rings. The Kier molecular flexibility index (Phi) is 3.37. The Balaban J connectivity index is 2.22. The summed E-state index contributed by atoms with van der Waals surface area (Å²) in [4.78, 5) is 7.30. The van der Waals surface area contributed by atoms with E-state index in [0.717, 1.165) is 16.2 Å². The van der Waals surface area contributed by atoms with E-state index in [1.54, 1.807) is 24.9 Å². The average molecular weight is 313 g/mol. The highest BCUT2D eigenvalue weighted by Crippen LogP contribution is 2.17. The summed E-state index contributed by atoms with van der Waals surface area (Å²) in [6.45, 7) is 0. The fraction of sp³-hybridized carbons (Fsp3) is 0. The first kappa shape index (κ1) is 13.9. The van der Waals surface area contributed by atoms with Crippen LogP contribution in [0.1, 0.15) is 0 Å². The van der Waals surface area contributed by atoms with E-state index in [1.807, 2.05) is 36.5 Å². The molecule has 6 heteroatoms. The van der Waals surface area contributed by atoms with Gasteiger partial charge in [0.05, 0.1) is 17.7 Å². The summed E-state index contributed by atoms with van der Waals surface area (Å²) >= 11 is 0. The monoisotopic (exact) mass is 313 g/mol. The van der Waals surface area contributed by atoms with E-state index in [9.17, 15) is 5.26 Å². The van der Waals surface area contributed by atoms with Gasteiger partial charge in [-0.15, -0.1) is 10.2 Å². The van der Waals surface area contributed by atoms with Gasteiger partial charge in [0.1, 0.15) is 17.3 Å². The summed E-state index contributed by atoms with van der Waals surface area (Å²) < 4.78 is 5.74. The Bertz CT molecular complexity index is 1180. The number of hydrogen-bond donors (Lipinski definition) is 1. The van der Waals surface area contributed by atoms with Crippen molar-refractivity contribution in [2.45, 2.75) is 0 Å². The Hall–Kier alpha value is -3.72. The van der Waals surface area contributed by atoms with Crippen molar-refractivity contribution < 1.29 is 4.42 Å². The van der Waals surface area contributed by atoms with E-state index in [-0.39, 0.29) is 5.70 Å². The number of nitriles is 1. The van der Waals surface area contributed by atoms with E-state index in [1.165, 1.54) is 0 Å². The first-order valence-electron chi connectivity index (χ1n) is 7.25. The summed E-state index contributed by atoms with van der Waals surface area (Å²) in [5.41, 5.74) is 1.40. The van der Waals surface area contributed by atoms with Crippen LogP contribution in [0.15, 0.2) is 76.0 Å². The summed E-state index contributed by atoms with van der Waals surface area (Å²) in [5, 5.41) is 20.5. The van der Waals surface area contributed by atoms with Crippen molar-refractivity contribution in [3.63, 3.8) is 0 Å². The molecule has 4 rings (SSSR count). The fourth-order valence-electron chi connectivity index (χ4n) is 2.50. The lowest BCUT2D eigenvalue weighted by molar-refractivity contribution is 0.607. The zero-order valence-electron chi connectivity index (χ0n) is 12.5. The molecule has 0 unspecified atom stereocenters. The van der Waals surface area contributed by atoms with Crippen LogP contribution >= 0.6 is 0 Å². The molecule has 1 aliphatic heterocycles. The molecule has 3 heterocycles. The highest BCUT2D eigenvalue weighted by atomic mass is 16.3. The number of benzene rings is 1. The van der Waals surface area contributed by atoms with Crippen LogP contribution in [-0.2, 0) is 0 Å². The fourth-order valence-corrected chi connectivity index (χ4v) is 2.50. The maximum Gasteiger partial charge on any atom is 0.173 e. The van der Waals surface area contributed by atoms with Gasteiger partial charge in [0.25, 0.3) is 0 Å². The van der Waals surface area contributed by atoms with Crippen molar-refractivity contribution in [2.24, 2.45) is 10.2 Å². The molecule has 6 nitrogen and oxygen atoms in total. The summed E-state index contributed by atoms with van der Waals surface area (Å²) in [6, 6.07) is 11.7. The quantitative estimate of drug-likeness (QED) is 0.680. The van der Waals surface area contributed by atoms with Gasteiger partial charge in [-0.1, -0.05) is 24.3 Å². The van der Waals surface area contributed by atoms with Crippen LogP contribution in [0.5, 0.6) is 0 Å². The first-order chi connectivity index (χ1) is 11.8. The molecular weight excluding hydrogens is 302 g/mol. The Labute approximate surface area is 136 Å². The number of fused-ring (bicyclic) bond motifs is 5. The van der Waals surface area contributed by atoms with Crippen LogP contribution < -0.4 is 5.22 Å². The smallest absolute Gasteiger partial charge is 0.173 e. The highest BCUT2D eigenvalue weighted by Gasteiger charge is 2.09. The lowest BCUT2D eigenvalue weighted by Crippen LogP contribution is -2.01. The topological polar surface area (TPSA) is 90.3 Å². The van der Waals surface area contributed by atoms with E-state index in [2.05, 4.69) is 26.3 Å². The second-order valence-corrected chi connectivity index (χ2v) is 5.15. The van der Waals surface area contributed by atoms with Gasteiger partial charge in [-0.3, -0.25) is 4.98 Å². The van der Waals surface area contributed by atoms with Gasteiger partial charge in [-0.2, -0.15) is 5.26 Å². The van der Waals surface area contributed by atoms with Gasteiger partial charge >= 0.3 is 0 Å². The molecule has 0 radical (unpaired) electrons. The predicted molar refractivity (Wildman–Crippen MR) is 89.9 cm³/mol. The van der Waals surface area contributed by atoms with Crippen molar-refractivity contribution in [2.75, 3.05) is 0 Å². The molecule has 0 spiro atoms. The lowest BCUT2D eigenvalue weighted by Gasteiger charge is -1.94. The van der Waals surface area contributed by atoms with Crippen molar-refractivity contribution in [1.82, 2.24) is 9.97 Å². The Morgan fingerprint density at radius 1 is 1.00 bits per heavy atom. The first-order valence-corrected chi connectivity index (χ1v) is 7.25. The van der Waals surface area contributed by atoms with Gasteiger partial charge in [-0.25, -0.2) is 0 Å². The molecule has 114 valence electrons. The van der Waals surface area contributed by atoms with Gasteiger partial charge in [0.2, 0.25) is 0 Å². The largest absolute Gasteiger partial charge is 0.463 e. The molecule has 0 saturated heterocycles. The Morgan fingerprint density at radius 3 is 2.75 bits per heavy atom. The van der Waals surface area contributed by atoms with E-state index in [4.69, 9.17) is 4.42 Å². The molecule has 2 aromatic heterocycles. The molecule has 1 aromatic carbocycles. The third-order valence-corrected chi connectivity index (χ3v) is 3.64. The van der Waals surface area contributed by atoms with Crippen LogP contribution in [0.2, 0.25) is 0 Å². The van der Waals surface area contributed by atoms with Crippen LogP contribution in [0.25, 0.3) is 27.4 Å². The molecule has 0 atom stereocenters. The molecule has 0 saturated carbocycles. The lowest BCUT2D eigenvalue weighted by atomic mass is 10.2. The summed E-state index contributed by atoms with van der Waals surface area (Å²) in [7, 11) is 0. The zero-order chi connectivity index (χ0) is 16.4. The van der Waals surface area contributed by atoms with Gasteiger partial charge < -0.3 is 9.40 Å². The van der Waals surface area contributed by atoms with Crippen molar-refractivity contribution in [3.05, 3.63) is 66.6 Å². The van der Waals surface area contributed by atoms with Crippen molar-refractivity contribution in [3.8, 4) is 6.07 Å².